The van der Waals surface area contributed by atoms with E-state index in [-0.39, 0.29) is 12.1 Å². The zero-order chi connectivity index (χ0) is 12.8. The van der Waals surface area contributed by atoms with Crippen molar-refractivity contribution < 1.29 is 9.53 Å². The van der Waals surface area contributed by atoms with Gasteiger partial charge in [-0.2, -0.15) is 0 Å². The fraction of sp³-hybridized carbons (Fsp3) is 0.533. The minimum atomic E-state index is -0.156. The monoisotopic (exact) mass is 247 g/mol. The Morgan fingerprint density at radius 2 is 2.06 bits per heavy atom. The molecule has 0 aromatic heterocycles. The zero-order valence-electron chi connectivity index (χ0n) is 11.0. The second kappa shape index (κ2) is 6.55. The Labute approximate surface area is 109 Å². The van der Waals surface area contributed by atoms with Gasteiger partial charge in [-0.25, -0.2) is 0 Å². The van der Waals surface area contributed by atoms with E-state index in [9.17, 15) is 4.79 Å². The molecule has 98 valence electrons. The molecule has 1 heterocycles. The summed E-state index contributed by atoms with van der Waals surface area (Å²) < 4.78 is 5.30. The standard InChI is InChI=1S/C15H21NO2/c1-13(17)18-15-8-5-10-16(11-9-15)12-14-6-3-2-4-7-14/h2-4,6-7,15H,5,8-12H2,1H3. The topological polar surface area (TPSA) is 29.5 Å². The van der Waals surface area contributed by atoms with Gasteiger partial charge in [-0.3, -0.25) is 9.69 Å². The Morgan fingerprint density at radius 1 is 1.28 bits per heavy atom. The summed E-state index contributed by atoms with van der Waals surface area (Å²) in [4.78, 5) is 13.4. The summed E-state index contributed by atoms with van der Waals surface area (Å²) in [5.74, 6) is -0.156. The van der Waals surface area contributed by atoms with Crippen LogP contribution in [0.2, 0.25) is 0 Å². The van der Waals surface area contributed by atoms with Crippen molar-refractivity contribution in [3.63, 3.8) is 0 Å². The summed E-state index contributed by atoms with van der Waals surface area (Å²) in [5.41, 5.74) is 1.35. The first-order valence-electron chi connectivity index (χ1n) is 6.67. The molecule has 0 bridgehead atoms. The Kier molecular flexibility index (Phi) is 4.76. The van der Waals surface area contributed by atoms with E-state index in [0.29, 0.717) is 0 Å². The lowest BCUT2D eigenvalue weighted by molar-refractivity contribution is -0.146. The highest BCUT2D eigenvalue weighted by Crippen LogP contribution is 2.16. The van der Waals surface area contributed by atoms with E-state index < -0.39 is 0 Å². The number of rotatable bonds is 3. The fourth-order valence-corrected chi connectivity index (χ4v) is 2.48. The number of carbonyl (C=O) groups excluding carboxylic acids is 1. The van der Waals surface area contributed by atoms with Gasteiger partial charge in [0, 0.05) is 20.0 Å². The number of hydrogen-bond donors (Lipinski definition) is 0. The Bertz CT molecular complexity index is 377. The summed E-state index contributed by atoms with van der Waals surface area (Å²) in [6.45, 7) is 4.58. The molecule has 0 amide bonds. The highest BCUT2D eigenvalue weighted by Gasteiger charge is 2.18. The Morgan fingerprint density at radius 3 is 2.78 bits per heavy atom. The van der Waals surface area contributed by atoms with Gasteiger partial charge in [0.05, 0.1) is 0 Å². The molecule has 1 aliphatic heterocycles. The zero-order valence-corrected chi connectivity index (χ0v) is 11.0. The van der Waals surface area contributed by atoms with E-state index in [4.69, 9.17) is 4.74 Å². The number of likely N-dealkylation sites (tertiary alicyclic amines) is 1. The third kappa shape index (κ3) is 4.15. The van der Waals surface area contributed by atoms with Crippen molar-refractivity contribution in [3.05, 3.63) is 35.9 Å². The molecule has 1 fully saturated rings. The molecule has 2 rings (SSSR count). The second-order valence-electron chi connectivity index (χ2n) is 4.92. The van der Waals surface area contributed by atoms with Crippen LogP contribution in [0.25, 0.3) is 0 Å². The summed E-state index contributed by atoms with van der Waals surface area (Å²) in [6, 6.07) is 10.5. The van der Waals surface area contributed by atoms with E-state index in [1.807, 2.05) is 6.07 Å². The van der Waals surface area contributed by atoms with Gasteiger partial charge in [0.15, 0.2) is 0 Å². The molecule has 0 aliphatic carbocycles. The first-order valence-corrected chi connectivity index (χ1v) is 6.67. The molecule has 3 heteroatoms. The molecule has 0 radical (unpaired) electrons. The molecule has 0 saturated carbocycles. The minimum Gasteiger partial charge on any atom is -0.463 e. The molecule has 1 unspecified atom stereocenters. The van der Waals surface area contributed by atoms with E-state index >= 15 is 0 Å². The van der Waals surface area contributed by atoms with Crippen molar-refractivity contribution in [1.29, 1.82) is 0 Å². The van der Waals surface area contributed by atoms with Crippen LogP contribution >= 0.6 is 0 Å². The van der Waals surface area contributed by atoms with Crippen LogP contribution in [0.3, 0.4) is 0 Å². The van der Waals surface area contributed by atoms with Crippen LogP contribution in [0, 0.1) is 0 Å². The van der Waals surface area contributed by atoms with E-state index in [1.54, 1.807) is 0 Å². The Balaban J connectivity index is 1.84. The van der Waals surface area contributed by atoms with Gasteiger partial charge >= 0.3 is 5.97 Å². The third-order valence-corrected chi connectivity index (χ3v) is 3.35. The quantitative estimate of drug-likeness (QED) is 0.769. The van der Waals surface area contributed by atoms with Crippen molar-refractivity contribution in [2.24, 2.45) is 0 Å². The van der Waals surface area contributed by atoms with Crippen LogP contribution in [0.4, 0.5) is 0 Å². The van der Waals surface area contributed by atoms with E-state index in [1.165, 1.54) is 12.5 Å². The maximum Gasteiger partial charge on any atom is 0.302 e. The van der Waals surface area contributed by atoms with Crippen LogP contribution in [-0.2, 0) is 16.1 Å². The van der Waals surface area contributed by atoms with Crippen LogP contribution in [0.15, 0.2) is 30.3 Å². The molecule has 1 aliphatic rings. The smallest absolute Gasteiger partial charge is 0.302 e. The van der Waals surface area contributed by atoms with Crippen molar-refractivity contribution in [2.75, 3.05) is 13.1 Å². The maximum atomic E-state index is 11.0. The second-order valence-corrected chi connectivity index (χ2v) is 4.92. The maximum absolute atomic E-state index is 11.0. The number of esters is 1. The van der Waals surface area contributed by atoms with E-state index in [2.05, 4.69) is 29.2 Å². The van der Waals surface area contributed by atoms with Crippen LogP contribution < -0.4 is 0 Å². The molecule has 1 atom stereocenters. The average Bonchev–Trinajstić information content (AvgIpc) is 2.56. The predicted molar refractivity (Wildman–Crippen MR) is 71.1 cm³/mol. The number of carbonyl (C=O) groups is 1. The largest absolute Gasteiger partial charge is 0.463 e. The number of benzene rings is 1. The van der Waals surface area contributed by atoms with Gasteiger partial charge in [0.1, 0.15) is 6.10 Å². The lowest BCUT2D eigenvalue weighted by atomic mass is 10.2. The Hall–Kier alpha value is -1.35. The molecule has 1 aromatic rings. The number of ether oxygens (including phenoxy) is 1. The van der Waals surface area contributed by atoms with Crippen molar-refractivity contribution in [3.8, 4) is 0 Å². The van der Waals surface area contributed by atoms with Crippen molar-refractivity contribution in [2.45, 2.75) is 38.8 Å². The van der Waals surface area contributed by atoms with Gasteiger partial charge in [-0.15, -0.1) is 0 Å². The summed E-state index contributed by atoms with van der Waals surface area (Å²) in [6.07, 6.45) is 3.16. The molecule has 18 heavy (non-hydrogen) atoms. The van der Waals surface area contributed by atoms with Crippen LogP contribution in [-0.4, -0.2) is 30.1 Å². The number of hydrogen-bond acceptors (Lipinski definition) is 3. The molecule has 1 aromatic carbocycles. The number of nitrogens with zero attached hydrogens (tertiary/aromatic N) is 1. The highest BCUT2D eigenvalue weighted by molar-refractivity contribution is 5.66. The van der Waals surface area contributed by atoms with Gasteiger partial charge in [-0.1, -0.05) is 30.3 Å². The van der Waals surface area contributed by atoms with E-state index in [0.717, 1.165) is 38.9 Å². The van der Waals surface area contributed by atoms with Gasteiger partial charge in [0.2, 0.25) is 0 Å². The lowest BCUT2D eigenvalue weighted by Crippen LogP contribution is -2.25. The molecular weight excluding hydrogens is 226 g/mol. The van der Waals surface area contributed by atoms with Crippen molar-refractivity contribution in [1.82, 2.24) is 4.90 Å². The summed E-state index contributed by atoms with van der Waals surface area (Å²) in [5, 5.41) is 0. The molecule has 0 N–H and O–H groups in total. The van der Waals surface area contributed by atoms with Crippen LogP contribution in [0.1, 0.15) is 31.7 Å². The summed E-state index contributed by atoms with van der Waals surface area (Å²) in [7, 11) is 0. The first-order chi connectivity index (χ1) is 8.74. The highest BCUT2D eigenvalue weighted by atomic mass is 16.5. The third-order valence-electron chi connectivity index (χ3n) is 3.35. The van der Waals surface area contributed by atoms with Gasteiger partial charge in [-0.05, 0) is 31.4 Å². The van der Waals surface area contributed by atoms with Gasteiger partial charge in [0.25, 0.3) is 0 Å². The summed E-state index contributed by atoms with van der Waals surface area (Å²) >= 11 is 0. The first kappa shape index (κ1) is 13.1. The van der Waals surface area contributed by atoms with Crippen molar-refractivity contribution >= 4 is 5.97 Å². The molecule has 0 spiro atoms. The lowest BCUT2D eigenvalue weighted by Gasteiger charge is -2.20. The average molecular weight is 247 g/mol. The SMILES string of the molecule is CC(=O)OC1CCCN(Cc2ccccc2)CC1. The fourth-order valence-electron chi connectivity index (χ4n) is 2.48. The molecular formula is C15H21NO2. The predicted octanol–water partition coefficient (Wildman–Crippen LogP) is 2.60. The minimum absolute atomic E-state index is 0.114. The van der Waals surface area contributed by atoms with Gasteiger partial charge < -0.3 is 4.74 Å². The van der Waals surface area contributed by atoms with Crippen LogP contribution in [0.5, 0.6) is 0 Å². The molecule has 1 saturated heterocycles. The molecule has 3 nitrogen and oxygen atoms in total. The normalized spacial score (nSPS) is 21.3.